The predicted molar refractivity (Wildman–Crippen MR) is 27.9 cm³/mol. The van der Waals surface area contributed by atoms with Crippen LogP contribution >= 0.6 is 0 Å². The van der Waals surface area contributed by atoms with E-state index < -0.39 is 0 Å². The normalized spacial score (nSPS) is 33.0. The quantitative estimate of drug-likeness (QED) is 0.339. The molecule has 2 nitrogen and oxygen atoms in total. The topological polar surface area (TPSA) is 33.2 Å². The van der Waals surface area contributed by atoms with Gasteiger partial charge in [-0.25, -0.2) is 0 Å². The second-order valence-electron chi connectivity index (χ2n) is 2.31. The van der Waals surface area contributed by atoms with Crippen LogP contribution in [0.3, 0.4) is 0 Å². The van der Waals surface area contributed by atoms with E-state index in [9.17, 15) is 0 Å². The molecular formula is C5H14N2+2. The Bertz CT molecular complexity index is 48.0. The Kier molecular flexibility index (Phi) is 1.65. The van der Waals surface area contributed by atoms with Crippen molar-refractivity contribution in [3.63, 3.8) is 0 Å². The van der Waals surface area contributed by atoms with Gasteiger partial charge in [-0.3, -0.25) is 0 Å². The van der Waals surface area contributed by atoms with Gasteiger partial charge in [-0.2, -0.15) is 0 Å². The van der Waals surface area contributed by atoms with Crippen molar-refractivity contribution in [3.05, 3.63) is 0 Å². The Hall–Kier alpha value is -0.0800. The maximum atomic E-state index is 2.40. The summed E-state index contributed by atoms with van der Waals surface area (Å²) in [5, 5.41) is 4.78. The summed E-state index contributed by atoms with van der Waals surface area (Å²) >= 11 is 0. The summed E-state index contributed by atoms with van der Waals surface area (Å²) in [6, 6.07) is 0.855. The lowest BCUT2D eigenvalue weighted by Crippen LogP contribution is -3.07. The minimum atomic E-state index is 0.855. The maximum Gasteiger partial charge on any atom is 0.133 e. The molecule has 4 N–H and O–H groups in total. The lowest BCUT2D eigenvalue weighted by atomic mass is 10.3. The van der Waals surface area contributed by atoms with Crippen molar-refractivity contribution in [2.75, 3.05) is 19.6 Å². The number of nitrogens with two attached hydrogens (primary N) is 2. The van der Waals surface area contributed by atoms with Crippen LogP contribution in [0, 0.1) is 0 Å². The van der Waals surface area contributed by atoms with Gasteiger partial charge in [0.1, 0.15) is 25.7 Å². The monoisotopic (exact) mass is 102 g/mol. The van der Waals surface area contributed by atoms with Crippen molar-refractivity contribution in [2.24, 2.45) is 0 Å². The van der Waals surface area contributed by atoms with E-state index in [1.165, 1.54) is 19.6 Å². The average molecular weight is 102 g/mol. The van der Waals surface area contributed by atoms with Crippen molar-refractivity contribution >= 4 is 0 Å². The molecule has 0 bridgehead atoms. The number of quaternary nitrogens is 2. The lowest BCUT2D eigenvalue weighted by molar-refractivity contribution is -0.808. The fourth-order valence-electron chi connectivity index (χ4n) is 0.976. The Labute approximate surface area is 44.3 Å². The van der Waals surface area contributed by atoms with E-state index in [1.807, 2.05) is 0 Å². The molecule has 1 aliphatic heterocycles. The smallest absolute Gasteiger partial charge is 0.133 e. The Morgan fingerprint density at radius 2 is 2.29 bits per heavy atom. The van der Waals surface area contributed by atoms with Crippen LogP contribution in [0.1, 0.15) is 6.92 Å². The largest absolute Gasteiger partial charge is 0.337 e. The highest BCUT2D eigenvalue weighted by atomic mass is 15.0. The highest BCUT2D eigenvalue weighted by Crippen LogP contribution is 1.62. The Morgan fingerprint density at radius 3 is 2.57 bits per heavy atom. The molecule has 0 saturated carbocycles. The fraction of sp³-hybridized carbons (Fsp3) is 1.00. The summed E-state index contributed by atoms with van der Waals surface area (Å²) in [4.78, 5) is 0. The van der Waals surface area contributed by atoms with Crippen molar-refractivity contribution in [3.8, 4) is 0 Å². The first-order valence-corrected chi connectivity index (χ1v) is 3.04. The van der Waals surface area contributed by atoms with Gasteiger partial charge >= 0.3 is 0 Å². The summed E-state index contributed by atoms with van der Waals surface area (Å²) in [6.07, 6.45) is 0. The van der Waals surface area contributed by atoms with Crippen LogP contribution in [0.4, 0.5) is 0 Å². The molecule has 1 fully saturated rings. The molecule has 0 aliphatic carbocycles. The van der Waals surface area contributed by atoms with Crippen molar-refractivity contribution < 1.29 is 10.6 Å². The van der Waals surface area contributed by atoms with Crippen molar-refractivity contribution in [2.45, 2.75) is 13.0 Å². The zero-order chi connectivity index (χ0) is 5.11. The molecule has 1 saturated heterocycles. The predicted octanol–water partition coefficient (Wildman–Crippen LogP) is -2.48. The summed E-state index contributed by atoms with van der Waals surface area (Å²) in [6.45, 7) is 6.20. The van der Waals surface area contributed by atoms with E-state index in [0.717, 1.165) is 6.04 Å². The molecular weight excluding hydrogens is 88.1 g/mol. The molecule has 2 heteroatoms. The van der Waals surface area contributed by atoms with Crippen LogP contribution in [0.15, 0.2) is 0 Å². The average Bonchev–Trinajstić information content (AvgIpc) is 1.69. The molecule has 0 aromatic rings. The van der Waals surface area contributed by atoms with Crippen LogP contribution in [0.2, 0.25) is 0 Å². The van der Waals surface area contributed by atoms with E-state index >= 15 is 0 Å². The summed E-state index contributed by atoms with van der Waals surface area (Å²) in [5.41, 5.74) is 0. The van der Waals surface area contributed by atoms with Crippen LogP contribution in [0.5, 0.6) is 0 Å². The SMILES string of the molecule is C[C@H]1C[NH2+]CC[NH2+]1. The standard InChI is InChI=1S/C5H12N2/c1-5-4-6-2-3-7-5/h5-7H,2-4H2,1H3/p+2/t5-/m0/s1. The van der Waals surface area contributed by atoms with Crippen LogP contribution in [-0.4, -0.2) is 25.7 Å². The molecule has 1 atom stereocenters. The highest BCUT2D eigenvalue weighted by Gasteiger charge is 2.10. The minimum Gasteiger partial charge on any atom is -0.337 e. The van der Waals surface area contributed by atoms with E-state index in [-0.39, 0.29) is 0 Å². The van der Waals surface area contributed by atoms with Gasteiger partial charge in [-0.15, -0.1) is 0 Å². The molecule has 42 valence electrons. The maximum absolute atomic E-state index is 2.40. The fourth-order valence-corrected chi connectivity index (χ4v) is 0.976. The highest BCUT2D eigenvalue weighted by molar-refractivity contribution is 4.39. The Balaban J connectivity index is 2.12. The molecule has 0 unspecified atom stereocenters. The first kappa shape index (κ1) is 5.06. The molecule has 1 rings (SSSR count). The molecule has 0 aromatic carbocycles. The third-order valence-electron chi connectivity index (χ3n) is 1.48. The van der Waals surface area contributed by atoms with Crippen LogP contribution in [0.25, 0.3) is 0 Å². The Morgan fingerprint density at radius 1 is 1.43 bits per heavy atom. The first-order valence-electron chi connectivity index (χ1n) is 3.04. The second kappa shape index (κ2) is 2.28. The van der Waals surface area contributed by atoms with Crippen LogP contribution < -0.4 is 10.6 Å². The van der Waals surface area contributed by atoms with Crippen molar-refractivity contribution in [1.29, 1.82) is 0 Å². The van der Waals surface area contributed by atoms with Gasteiger partial charge in [-0.1, -0.05) is 0 Å². The van der Waals surface area contributed by atoms with E-state index in [4.69, 9.17) is 0 Å². The second-order valence-corrected chi connectivity index (χ2v) is 2.31. The number of hydrogen-bond acceptors (Lipinski definition) is 0. The summed E-state index contributed by atoms with van der Waals surface area (Å²) < 4.78 is 0. The minimum absolute atomic E-state index is 0.855. The van der Waals surface area contributed by atoms with Gasteiger partial charge in [-0.05, 0) is 6.92 Å². The van der Waals surface area contributed by atoms with Gasteiger partial charge in [0.15, 0.2) is 0 Å². The van der Waals surface area contributed by atoms with Gasteiger partial charge in [0, 0.05) is 0 Å². The molecule has 0 radical (unpaired) electrons. The zero-order valence-electron chi connectivity index (χ0n) is 4.85. The van der Waals surface area contributed by atoms with Gasteiger partial charge in [0.2, 0.25) is 0 Å². The molecule has 0 aromatic heterocycles. The van der Waals surface area contributed by atoms with Crippen LogP contribution in [-0.2, 0) is 0 Å². The van der Waals surface area contributed by atoms with E-state index in [0.29, 0.717) is 0 Å². The number of rotatable bonds is 0. The van der Waals surface area contributed by atoms with Crippen molar-refractivity contribution in [1.82, 2.24) is 0 Å². The lowest BCUT2D eigenvalue weighted by Gasteiger charge is -2.13. The van der Waals surface area contributed by atoms with Gasteiger partial charge in [0.25, 0.3) is 0 Å². The molecule has 7 heavy (non-hydrogen) atoms. The molecule has 0 amide bonds. The molecule has 1 aliphatic rings. The molecule has 1 heterocycles. The van der Waals surface area contributed by atoms with E-state index in [1.54, 1.807) is 0 Å². The third kappa shape index (κ3) is 1.45. The molecule has 0 spiro atoms. The summed E-state index contributed by atoms with van der Waals surface area (Å²) in [5.74, 6) is 0. The van der Waals surface area contributed by atoms with Gasteiger partial charge in [0.05, 0.1) is 0 Å². The van der Waals surface area contributed by atoms with E-state index in [2.05, 4.69) is 17.6 Å². The first-order chi connectivity index (χ1) is 3.39. The number of piperazine rings is 1. The zero-order valence-corrected chi connectivity index (χ0v) is 4.85. The number of hydrogen-bond donors (Lipinski definition) is 2. The third-order valence-corrected chi connectivity index (χ3v) is 1.48. The summed E-state index contributed by atoms with van der Waals surface area (Å²) in [7, 11) is 0. The van der Waals surface area contributed by atoms with Gasteiger partial charge < -0.3 is 10.6 Å².